The Balaban J connectivity index is 2.30. The van der Waals surface area contributed by atoms with Crippen LogP contribution in [-0.4, -0.2) is 5.91 Å². The van der Waals surface area contributed by atoms with Crippen LogP contribution < -0.4 is 16.8 Å². The van der Waals surface area contributed by atoms with E-state index in [9.17, 15) is 4.79 Å². The van der Waals surface area contributed by atoms with Gasteiger partial charge in [0.1, 0.15) is 0 Å². The zero-order valence-corrected chi connectivity index (χ0v) is 11.6. The van der Waals surface area contributed by atoms with Gasteiger partial charge in [-0.05, 0) is 59.0 Å². The largest absolute Gasteiger partial charge is 0.398 e. The Morgan fingerprint density at radius 2 is 1.83 bits per heavy atom. The Hall–Kier alpha value is -1.76. The van der Waals surface area contributed by atoms with Crippen molar-refractivity contribution in [3.05, 3.63) is 51.6 Å². The smallest absolute Gasteiger partial charge is 0.250 e. The molecule has 4 nitrogen and oxygen atoms in total. The SMILES string of the molecule is NC(=O)c1cc(Nc2cccc(I)c2)ccc1N. The molecule has 0 saturated carbocycles. The lowest BCUT2D eigenvalue weighted by atomic mass is 10.1. The Kier molecular flexibility index (Phi) is 3.71. The van der Waals surface area contributed by atoms with Gasteiger partial charge in [-0.2, -0.15) is 0 Å². The van der Waals surface area contributed by atoms with Gasteiger partial charge in [0, 0.05) is 20.6 Å². The second-order valence-electron chi connectivity index (χ2n) is 3.80. The number of nitrogens with one attached hydrogen (secondary N) is 1. The highest BCUT2D eigenvalue weighted by Gasteiger charge is 2.06. The lowest BCUT2D eigenvalue weighted by Gasteiger charge is -2.09. The van der Waals surface area contributed by atoms with Crippen LogP contribution in [0.3, 0.4) is 0 Å². The van der Waals surface area contributed by atoms with E-state index in [1.165, 1.54) is 0 Å². The average Bonchev–Trinajstić information content (AvgIpc) is 2.31. The maximum atomic E-state index is 11.2. The minimum Gasteiger partial charge on any atom is -0.398 e. The van der Waals surface area contributed by atoms with Crippen LogP contribution in [0.15, 0.2) is 42.5 Å². The molecule has 0 spiro atoms. The van der Waals surface area contributed by atoms with Crippen molar-refractivity contribution < 1.29 is 4.79 Å². The fourth-order valence-corrected chi connectivity index (χ4v) is 2.12. The number of rotatable bonds is 3. The molecule has 5 N–H and O–H groups in total. The molecule has 2 rings (SSSR count). The molecule has 0 aliphatic rings. The van der Waals surface area contributed by atoms with Crippen molar-refractivity contribution in [3.8, 4) is 0 Å². The number of hydrogen-bond donors (Lipinski definition) is 3. The first-order chi connectivity index (χ1) is 8.56. The lowest BCUT2D eigenvalue weighted by molar-refractivity contribution is 0.100. The quantitative estimate of drug-likeness (QED) is 0.586. The summed E-state index contributed by atoms with van der Waals surface area (Å²) in [6.07, 6.45) is 0. The Morgan fingerprint density at radius 3 is 2.50 bits per heavy atom. The predicted molar refractivity (Wildman–Crippen MR) is 81.8 cm³/mol. The summed E-state index contributed by atoms with van der Waals surface area (Å²) in [5.41, 5.74) is 13.4. The van der Waals surface area contributed by atoms with E-state index in [1.807, 2.05) is 30.3 Å². The summed E-state index contributed by atoms with van der Waals surface area (Å²) in [6, 6.07) is 13.0. The van der Waals surface area contributed by atoms with Gasteiger partial charge < -0.3 is 16.8 Å². The van der Waals surface area contributed by atoms with Crippen LogP contribution >= 0.6 is 22.6 Å². The minimum absolute atomic E-state index is 0.325. The molecule has 0 aromatic heterocycles. The molecule has 5 heteroatoms. The number of amides is 1. The molecule has 0 aliphatic heterocycles. The van der Waals surface area contributed by atoms with Crippen molar-refractivity contribution in [1.29, 1.82) is 0 Å². The molecular formula is C13H12IN3O. The molecule has 92 valence electrons. The van der Waals surface area contributed by atoms with Gasteiger partial charge in [0.2, 0.25) is 0 Å². The first-order valence-electron chi connectivity index (χ1n) is 5.28. The highest BCUT2D eigenvalue weighted by atomic mass is 127. The fourth-order valence-electron chi connectivity index (χ4n) is 1.58. The molecule has 0 unspecified atom stereocenters. The van der Waals surface area contributed by atoms with Gasteiger partial charge in [0.05, 0.1) is 5.56 Å². The van der Waals surface area contributed by atoms with Crippen molar-refractivity contribution in [3.63, 3.8) is 0 Å². The summed E-state index contributed by atoms with van der Waals surface area (Å²) in [4.78, 5) is 11.2. The second kappa shape index (κ2) is 5.26. The molecular weight excluding hydrogens is 341 g/mol. The summed E-state index contributed by atoms with van der Waals surface area (Å²) < 4.78 is 1.13. The van der Waals surface area contributed by atoms with Gasteiger partial charge in [0.15, 0.2) is 0 Å². The van der Waals surface area contributed by atoms with Crippen molar-refractivity contribution in [2.75, 3.05) is 11.1 Å². The fraction of sp³-hybridized carbons (Fsp3) is 0. The van der Waals surface area contributed by atoms with Crippen LogP contribution in [0.25, 0.3) is 0 Å². The number of carbonyl (C=O) groups is 1. The molecule has 0 heterocycles. The van der Waals surface area contributed by atoms with E-state index in [4.69, 9.17) is 11.5 Å². The zero-order valence-electron chi connectivity index (χ0n) is 9.48. The van der Waals surface area contributed by atoms with Gasteiger partial charge in [0.25, 0.3) is 5.91 Å². The number of carbonyl (C=O) groups excluding carboxylic acids is 1. The van der Waals surface area contributed by atoms with E-state index in [0.29, 0.717) is 11.3 Å². The summed E-state index contributed by atoms with van der Waals surface area (Å²) in [5, 5.41) is 3.20. The van der Waals surface area contributed by atoms with Crippen LogP contribution in [0, 0.1) is 3.57 Å². The van der Waals surface area contributed by atoms with E-state index in [-0.39, 0.29) is 0 Å². The molecule has 18 heavy (non-hydrogen) atoms. The number of halogens is 1. The van der Waals surface area contributed by atoms with Crippen molar-refractivity contribution in [1.82, 2.24) is 0 Å². The lowest BCUT2D eigenvalue weighted by Crippen LogP contribution is -2.13. The molecule has 0 aliphatic carbocycles. The molecule has 0 bridgehead atoms. The van der Waals surface area contributed by atoms with Crippen LogP contribution in [0.4, 0.5) is 17.1 Å². The first-order valence-corrected chi connectivity index (χ1v) is 6.36. The van der Waals surface area contributed by atoms with E-state index >= 15 is 0 Å². The normalized spacial score (nSPS) is 10.1. The summed E-state index contributed by atoms with van der Waals surface area (Å²) >= 11 is 2.24. The number of anilines is 3. The molecule has 0 radical (unpaired) electrons. The van der Waals surface area contributed by atoms with Gasteiger partial charge in [-0.1, -0.05) is 6.07 Å². The maximum Gasteiger partial charge on any atom is 0.250 e. The van der Waals surface area contributed by atoms with Crippen LogP contribution in [0.5, 0.6) is 0 Å². The third kappa shape index (κ3) is 2.92. The number of hydrogen-bond acceptors (Lipinski definition) is 3. The van der Waals surface area contributed by atoms with E-state index in [0.717, 1.165) is 14.9 Å². The van der Waals surface area contributed by atoms with Gasteiger partial charge >= 0.3 is 0 Å². The van der Waals surface area contributed by atoms with Crippen LogP contribution in [0.2, 0.25) is 0 Å². The summed E-state index contributed by atoms with van der Waals surface area (Å²) in [7, 11) is 0. The molecule has 2 aromatic rings. The van der Waals surface area contributed by atoms with E-state index < -0.39 is 5.91 Å². The van der Waals surface area contributed by atoms with Crippen molar-refractivity contribution in [2.45, 2.75) is 0 Å². The number of benzene rings is 2. The van der Waals surface area contributed by atoms with Crippen LogP contribution in [-0.2, 0) is 0 Å². The standard InChI is InChI=1S/C13H12IN3O/c14-8-2-1-3-9(6-8)17-10-4-5-12(15)11(7-10)13(16)18/h1-7,17H,15H2,(H2,16,18). The zero-order chi connectivity index (χ0) is 13.1. The van der Waals surface area contributed by atoms with Crippen molar-refractivity contribution >= 4 is 45.6 Å². The molecule has 2 aromatic carbocycles. The number of nitrogen functional groups attached to an aromatic ring is 1. The van der Waals surface area contributed by atoms with Crippen molar-refractivity contribution in [2.24, 2.45) is 5.73 Å². The molecule has 1 amide bonds. The average molecular weight is 353 g/mol. The highest BCUT2D eigenvalue weighted by molar-refractivity contribution is 14.1. The molecule has 0 saturated heterocycles. The van der Waals surface area contributed by atoms with E-state index in [1.54, 1.807) is 12.1 Å². The molecule has 0 atom stereocenters. The summed E-state index contributed by atoms with van der Waals surface area (Å²) in [5.74, 6) is -0.529. The Labute approximate surface area is 119 Å². The topological polar surface area (TPSA) is 81.1 Å². The van der Waals surface area contributed by atoms with Gasteiger partial charge in [-0.15, -0.1) is 0 Å². The van der Waals surface area contributed by atoms with E-state index in [2.05, 4.69) is 27.9 Å². The Bertz CT molecular complexity index is 599. The maximum absolute atomic E-state index is 11.2. The number of primary amides is 1. The number of nitrogens with two attached hydrogens (primary N) is 2. The van der Waals surface area contributed by atoms with Crippen LogP contribution in [0.1, 0.15) is 10.4 Å². The van der Waals surface area contributed by atoms with Gasteiger partial charge in [-0.25, -0.2) is 0 Å². The minimum atomic E-state index is -0.529. The Morgan fingerprint density at radius 1 is 1.11 bits per heavy atom. The monoisotopic (exact) mass is 353 g/mol. The summed E-state index contributed by atoms with van der Waals surface area (Å²) in [6.45, 7) is 0. The third-order valence-electron chi connectivity index (χ3n) is 2.43. The molecule has 0 fully saturated rings. The third-order valence-corrected chi connectivity index (χ3v) is 3.10. The predicted octanol–water partition coefficient (Wildman–Crippen LogP) is 2.72. The highest BCUT2D eigenvalue weighted by Crippen LogP contribution is 2.22. The van der Waals surface area contributed by atoms with Gasteiger partial charge in [-0.3, -0.25) is 4.79 Å². The second-order valence-corrected chi connectivity index (χ2v) is 5.05. The first kappa shape index (κ1) is 12.7.